The minimum absolute atomic E-state index is 0.0200. The molecule has 0 spiro atoms. The number of para-hydroxylation sites is 1. The van der Waals surface area contributed by atoms with Crippen molar-refractivity contribution < 1.29 is 14.3 Å². The molecule has 0 atom stereocenters. The van der Waals surface area contributed by atoms with Gasteiger partial charge < -0.3 is 15.2 Å². The van der Waals surface area contributed by atoms with E-state index >= 15 is 0 Å². The maximum absolute atomic E-state index is 12.2. The Hall–Kier alpha value is -2.54. The van der Waals surface area contributed by atoms with Crippen LogP contribution < -0.4 is 20.5 Å². The smallest absolute Gasteiger partial charge is 0.260 e. The molecule has 0 radical (unpaired) electrons. The zero-order chi connectivity index (χ0) is 15.4. The van der Waals surface area contributed by atoms with Crippen LogP contribution >= 0.6 is 11.6 Å². The highest BCUT2D eigenvalue weighted by atomic mass is 35.5. The molecule has 21 heavy (non-hydrogen) atoms. The maximum atomic E-state index is 12.2. The molecule has 0 aliphatic carbocycles. The molecule has 2 rings (SSSR count). The lowest BCUT2D eigenvalue weighted by molar-refractivity contribution is 0.102. The number of benzene rings is 1. The number of hydrogen-bond donors (Lipinski definition) is 2. The Kier molecular flexibility index (Phi) is 4.44. The number of carbonyl (C=O) groups is 1. The zero-order valence-electron chi connectivity index (χ0n) is 11.4. The summed E-state index contributed by atoms with van der Waals surface area (Å²) in [6.45, 7) is 0. The lowest BCUT2D eigenvalue weighted by Crippen LogP contribution is -2.16. The molecule has 0 unspecified atom stereocenters. The van der Waals surface area contributed by atoms with Gasteiger partial charge in [0.25, 0.3) is 5.91 Å². The van der Waals surface area contributed by atoms with Crippen LogP contribution in [0, 0.1) is 0 Å². The monoisotopic (exact) mass is 308 g/mol. The predicted octanol–water partition coefficient (Wildman–Crippen LogP) is 1.98. The van der Waals surface area contributed by atoms with Crippen LogP contribution in [-0.4, -0.2) is 30.1 Å². The zero-order valence-corrected chi connectivity index (χ0v) is 12.1. The molecular formula is C13H13ClN4O3. The predicted molar refractivity (Wildman–Crippen MR) is 79.0 cm³/mol. The molecular weight excluding hydrogens is 296 g/mol. The topological polar surface area (TPSA) is 99.4 Å². The van der Waals surface area contributed by atoms with Gasteiger partial charge in [-0.15, -0.1) is 0 Å². The SMILES string of the molecule is COc1cc(Cl)nc(NC(=O)c2cccc(OC)c2N)n1. The fourth-order valence-corrected chi connectivity index (χ4v) is 1.82. The molecule has 7 nitrogen and oxygen atoms in total. The fourth-order valence-electron chi connectivity index (χ4n) is 1.65. The van der Waals surface area contributed by atoms with Crippen LogP contribution in [0.1, 0.15) is 10.4 Å². The minimum atomic E-state index is -0.476. The second kappa shape index (κ2) is 6.27. The number of nitrogens with zero attached hydrogens (tertiary/aromatic N) is 2. The quantitative estimate of drug-likeness (QED) is 0.662. The Bertz CT molecular complexity index is 678. The molecule has 1 aromatic heterocycles. The third-order valence-electron chi connectivity index (χ3n) is 2.64. The van der Waals surface area contributed by atoms with Crippen LogP contribution in [0.25, 0.3) is 0 Å². The summed E-state index contributed by atoms with van der Waals surface area (Å²) in [6.07, 6.45) is 0. The number of hydrogen-bond acceptors (Lipinski definition) is 6. The summed E-state index contributed by atoms with van der Waals surface area (Å²) >= 11 is 5.81. The Labute approximate surface area is 126 Å². The lowest BCUT2D eigenvalue weighted by Gasteiger charge is -2.10. The first-order chi connectivity index (χ1) is 10.0. The van der Waals surface area contributed by atoms with Crippen LogP contribution in [-0.2, 0) is 0 Å². The summed E-state index contributed by atoms with van der Waals surface area (Å²) in [7, 11) is 2.91. The molecule has 0 fully saturated rings. The van der Waals surface area contributed by atoms with E-state index in [9.17, 15) is 4.79 Å². The van der Waals surface area contributed by atoms with Gasteiger partial charge in [0.1, 0.15) is 10.9 Å². The van der Waals surface area contributed by atoms with E-state index in [1.54, 1.807) is 18.2 Å². The van der Waals surface area contributed by atoms with E-state index in [-0.39, 0.29) is 28.2 Å². The number of halogens is 1. The molecule has 1 amide bonds. The van der Waals surface area contributed by atoms with Gasteiger partial charge in [-0.05, 0) is 12.1 Å². The first-order valence-electron chi connectivity index (χ1n) is 5.87. The Morgan fingerprint density at radius 2 is 2.05 bits per heavy atom. The van der Waals surface area contributed by atoms with Crippen molar-refractivity contribution in [2.75, 3.05) is 25.3 Å². The molecule has 0 bridgehead atoms. The molecule has 0 saturated carbocycles. The average molecular weight is 309 g/mol. The third-order valence-corrected chi connectivity index (χ3v) is 2.83. The van der Waals surface area contributed by atoms with Gasteiger partial charge in [0.2, 0.25) is 11.8 Å². The first-order valence-corrected chi connectivity index (χ1v) is 6.25. The number of nitrogens with two attached hydrogens (primary N) is 1. The third kappa shape index (κ3) is 3.32. The second-order valence-electron chi connectivity index (χ2n) is 3.93. The van der Waals surface area contributed by atoms with E-state index in [1.165, 1.54) is 20.3 Å². The second-order valence-corrected chi connectivity index (χ2v) is 4.32. The number of aromatic nitrogens is 2. The molecule has 8 heteroatoms. The van der Waals surface area contributed by atoms with Gasteiger partial charge in [-0.2, -0.15) is 4.98 Å². The number of amides is 1. The summed E-state index contributed by atoms with van der Waals surface area (Å²) < 4.78 is 10.0. The molecule has 2 aromatic rings. The number of rotatable bonds is 4. The van der Waals surface area contributed by atoms with Crippen molar-refractivity contribution in [1.29, 1.82) is 0 Å². The van der Waals surface area contributed by atoms with E-state index < -0.39 is 5.91 Å². The van der Waals surface area contributed by atoms with Crippen LogP contribution in [0.5, 0.6) is 11.6 Å². The van der Waals surface area contributed by atoms with Crippen molar-refractivity contribution in [1.82, 2.24) is 9.97 Å². The van der Waals surface area contributed by atoms with Crippen molar-refractivity contribution >= 4 is 29.1 Å². The van der Waals surface area contributed by atoms with Crippen LogP contribution in [0.4, 0.5) is 11.6 Å². The van der Waals surface area contributed by atoms with Crippen LogP contribution in [0.3, 0.4) is 0 Å². The Morgan fingerprint density at radius 3 is 2.71 bits per heavy atom. The molecule has 0 aliphatic heterocycles. The summed E-state index contributed by atoms with van der Waals surface area (Å²) in [5.74, 6) is 0.193. The number of nitrogen functional groups attached to an aromatic ring is 1. The highest BCUT2D eigenvalue weighted by molar-refractivity contribution is 6.29. The number of carbonyl (C=O) groups excluding carboxylic acids is 1. The van der Waals surface area contributed by atoms with Gasteiger partial charge in [-0.1, -0.05) is 17.7 Å². The first kappa shape index (κ1) is 14.9. The van der Waals surface area contributed by atoms with Gasteiger partial charge in [-0.3, -0.25) is 10.1 Å². The van der Waals surface area contributed by atoms with Crippen molar-refractivity contribution in [3.8, 4) is 11.6 Å². The Morgan fingerprint density at radius 1 is 1.29 bits per heavy atom. The van der Waals surface area contributed by atoms with Crippen LogP contribution in [0.15, 0.2) is 24.3 Å². The standard InChI is InChI=1S/C13H13ClN4O3/c1-20-8-5-3-4-7(11(8)15)12(19)18-13-16-9(14)6-10(17-13)21-2/h3-6H,15H2,1-2H3,(H,16,17,18,19). The largest absolute Gasteiger partial charge is 0.495 e. The van der Waals surface area contributed by atoms with Crippen molar-refractivity contribution in [3.05, 3.63) is 35.0 Å². The lowest BCUT2D eigenvalue weighted by atomic mass is 10.1. The van der Waals surface area contributed by atoms with E-state index in [2.05, 4.69) is 15.3 Å². The number of anilines is 2. The average Bonchev–Trinajstić information content (AvgIpc) is 2.46. The summed E-state index contributed by atoms with van der Waals surface area (Å²) in [4.78, 5) is 20.1. The maximum Gasteiger partial charge on any atom is 0.260 e. The normalized spacial score (nSPS) is 10.0. The number of ether oxygens (including phenoxy) is 2. The fraction of sp³-hybridized carbons (Fsp3) is 0.154. The van der Waals surface area contributed by atoms with E-state index in [1.807, 2.05) is 0 Å². The molecule has 0 saturated heterocycles. The van der Waals surface area contributed by atoms with Gasteiger partial charge >= 0.3 is 0 Å². The van der Waals surface area contributed by atoms with Crippen LogP contribution in [0.2, 0.25) is 5.15 Å². The van der Waals surface area contributed by atoms with E-state index in [0.717, 1.165) is 0 Å². The molecule has 110 valence electrons. The van der Waals surface area contributed by atoms with Gasteiger partial charge in [0, 0.05) is 6.07 Å². The summed E-state index contributed by atoms with van der Waals surface area (Å²) in [6, 6.07) is 6.31. The van der Waals surface area contributed by atoms with Crippen molar-refractivity contribution in [2.24, 2.45) is 0 Å². The summed E-state index contributed by atoms with van der Waals surface area (Å²) in [5, 5.41) is 2.65. The Balaban J connectivity index is 2.28. The van der Waals surface area contributed by atoms with Gasteiger partial charge in [0.05, 0.1) is 25.5 Å². The number of methoxy groups -OCH3 is 2. The number of nitrogens with one attached hydrogen (secondary N) is 1. The highest BCUT2D eigenvalue weighted by Gasteiger charge is 2.15. The minimum Gasteiger partial charge on any atom is -0.495 e. The summed E-state index contributed by atoms with van der Waals surface area (Å²) in [5.41, 5.74) is 6.33. The van der Waals surface area contributed by atoms with E-state index in [4.69, 9.17) is 26.8 Å². The molecule has 1 heterocycles. The highest BCUT2D eigenvalue weighted by Crippen LogP contribution is 2.25. The van der Waals surface area contributed by atoms with Crippen molar-refractivity contribution in [2.45, 2.75) is 0 Å². The molecule has 1 aromatic carbocycles. The van der Waals surface area contributed by atoms with Gasteiger partial charge in [-0.25, -0.2) is 4.98 Å². The van der Waals surface area contributed by atoms with Crippen molar-refractivity contribution in [3.63, 3.8) is 0 Å². The van der Waals surface area contributed by atoms with Gasteiger partial charge in [0.15, 0.2) is 0 Å². The van der Waals surface area contributed by atoms with E-state index in [0.29, 0.717) is 5.75 Å². The molecule has 3 N–H and O–H groups in total. The molecule has 0 aliphatic rings.